The van der Waals surface area contributed by atoms with E-state index in [1.807, 2.05) is 37.3 Å². The fourth-order valence-corrected chi connectivity index (χ4v) is 3.05. The summed E-state index contributed by atoms with van der Waals surface area (Å²) >= 11 is 0. The molecule has 0 aromatic heterocycles. The summed E-state index contributed by atoms with van der Waals surface area (Å²) in [6, 6.07) is 11.7. The van der Waals surface area contributed by atoms with Crippen molar-refractivity contribution in [3.05, 3.63) is 58.7 Å². The van der Waals surface area contributed by atoms with Gasteiger partial charge in [-0.1, -0.05) is 30.3 Å². The predicted molar refractivity (Wildman–Crippen MR) is 88.9 cm³/mol. The molecule has 0 saturated heterocycles. The van der Waals surface area contributed by atoms with Crippen LogP contribution in [0.15, 0.2) is 58.1 Å². The van der Waals surface area contributed by atoms with Crippen LogP contribution in [-0.4, -0.2) is 18.8 Å². The first-order chi connectivity index (χ1) is 11.8. The van der Waals surface area contributed by atoms with Crippen LogP contribution in [0.4, 0.5) is 0 Å². The van der Waals surface area contributed by atoms with Crippen LogP contribution in [0.25, 0.3) is 0 Å². The maximum absolute atomic E-state index is 12.5. The first-order valence-electron chi connectivity index (χ1n) is 8.03. The summed E-state index contributed by atoms with van der Waals surface area (Å²) in [6.07, 6.45) is 3.20. The number of rotatable bonds is 4. The fourth-order valence-electron chi connectivity index (χ4n) is 3.05. The van der Waals surface area contributed by atoms with Gasteiger partial charge in [0.15, 0.2) is 12.2 Å². The maximum Gasteiger partial charge on any atom is 0.236 e. The Bertz CT molecular complexity index is 770. The van der Waals surface area contributed by atoms with Gasteiger partial charge in [0.2, 0.25) is 5.88 Å². The SMILES string of the molecule is CCO/C=N/C1=C(C#N)C(c2ccccc2)C2=C(CCCC2=O)O1. The highest BCUT2D eigenvalue weighted by molar-refractivity contribution is 5.99. The molecule has 2 aliphatic rings. The number of benzene rings is 1. The molecule has 1 aromatic carbocycles. The summed E-state index contributed by atoms with van der Waals surface area (Å²) in [7, 11) is 0. The third-order valence-electron chi connectivity index (χ3n) is 4.10. The highest BCUT2D eigenvalue weighted by Gasteiger charge is 2.38. The molecule has 0 bridgehead atoms. The van der Waals surface area contributed by atoms with Gasteiger partial charge in [-0.2, -0.15) is 10.3 Å². The highest BCUT2D eigenvalue weighted by atomic mass is 16.5. The summed E-state index contributed by atoms with van der Waals surface area (Å²) in [4.78, 5) is 16.7. The predicted octanol–water partition coefficient (Wildman–Crippen LogP) is 3.61. The highest BCUT2D eigenvalue weighted by Crippen LogP contribution is 2.44. The number of nitriles is 1. The number of hydrogen-bond acceptors (Lipinski definition) is 5. The van der Waals surface area contributed by atoms with Crippen molar-refractivity contribution >= 4 is 12.2 Å². The Labute approximate surface area is 140 Å². The lowest BCUT2D eigenvalue weighted by Crippen LogP contribution is -2.25. The molecule has 3 rings (SSSR count). The van der Waals surface area contributed by atoms with Crippen molar-refractivity contribution in [1.29, 1.82) is 5.26 Å². The molecule has 1 unspecified atom stereocenters. The van der Waals surface area contributed by atoms with Crippen molar-refractivity contribution in [3.8, 4) is 6.07 Å². The third-order valence-corrected chi connectivity index (χ3v) is 4.10. The van der Waals surface area contributed by atoms with Crippen LogP contribution in [0.1, 0.15) is 37.7 Å². The smallest absolute Gasteiger partial charge is 0.236 e. The minimum atomic E-state index is -0.429. The molecular weight excluding hydrogens is 304 g/mol. The van der Waals surface area contributed by atoms with E-state index < -0.39 is 5.92 Å². The van der Waals surface area contributed by atoms with Gasteiger partial charge in [0.05, 0.1) is 12.5 Å². The Hall–Kier alpha value is -2.87. The summed E-state index contributed by atoms with van der Waals surface area (Å²) in [5.41, 5.74) is 1.83. The Kier molecular flexibility index (Phi) is 4.76. The van der Waals surface area contributed by atoms with Gasteiger partial charge in [-0.15, -0.1) is 0 Å². The molecule has 24 heavy (non-hydrogen) atoms. The van der Waals surface area contributed by atoms with Crippen molar-refractivity contribution in [1.82, 2.24) is 0 Å². The van der Waals surface area contributed by atoms with E-state index >= 15 is 0 Å². The van der Waals surface area contributed by atoms with E-state index in [-0.39, 0.29) is 11.7 Å². The number of ketones is 1. The molecule has 1 heterocycles. The van der Waals surface area contributed by atoms with Crippen molar-refractivity contribution in [2.45, 2.75) is 32.1 Å². The molecule has 1 aliphatic heterocycles. The van der Waals surface area contributed by atoms with Crippen LogP contribution in [0.3, 0.4) is 0 Å². The van der Waals surface area contributed by atoms with E-state index in [0.717, 1.165) is 12.0 Å². The molecule has 5 heteroatoms. The normalized spacial score (nSPS) is 20.7. The van der Waals surface area contributed by atoms with E-state index in [0.29, 0.717) is 36.4 Å². The van der Waals surface area contributed by atoms with Gasteiger partial charge >= 0.3 is 0 Å². The molecule has 0 fully saturated rings. The Morgan fingerprint density at radius 3 is 2.88 bits per heavy atom. The van der Waals surface area contributed by atoms with Crippen LogP contribution in [0.5, 0.6) is 0 Å². The third kappa shape index (κ3) is 2.95. The summed E-state index contributed by atoms with van der Waals surface area (Å²) in [6.45, 7) is 2.33. The average Bonchev–Trinajstić information content (AvgIpc) is 2.62. The second kappa shape index (κ2) is 7.14. The lowest BCUT2D eigenvalue weighted by atomic mass is 9.77. The second-order valence-corrected chi connectivity index (χ2v) is 5.58. The number of aliphatic imine (C=N–C) groups is 1. The quantitative estimate of drug-likeness (QED) is 0.627. The minimum absolute atomic E-state index is 0.0469. The van der Waals surface area contributed by atoms with E-state index in [4.69, 9.17) is 9.47 Å². The van der Waals surface area contributed by atoms with Gasteiger partial charge in [-0.25, -0.2) is 0 Å². The van der Waals surface area contributed by atoms with E-state index in [1.54, 1.807) is 0 Å². The zero-order valence-corrected chi connectivity index (χ0v) is 13.5. The average molecular weight is 322 g/mol. The van der Waals surface area contributed by atoms with E-state index in [9.17, 15) is 10.1 Å². The number of Topliss-reactive ketones (excluding diaryl/α,β-unsaturated/α-hetero) is 1. The molecule has 0 N–H and O–H groups in total. The monoisotopic (exact) mass is 322 g/mol. The van der Waals surface area contributed by atoms with Crippen molar-refractivity contribution in [2.24, 2.45) is 4.99 Å². The molecule has 1 atom stereocenters. The molecule has 5 nitrogen and oxygen atoms in total. The van der Waals surface area contributed by atoms with Crippen LogP contribution in [0, 0.1) is 11.3 Å². The van der Waals surface area contributed by atoms with Crippen LogP contribution in [0.2, 0.25) is 0 Å². The number of allylic oxidation sites excluding steroid dienone is 3. The van der Waals surface area contributed by atoms with Gasteiger partial charge in [0.25, 0.3) is 0 Å². The lowest BCUT2D eigenvalue weighted by molar-refractivity contribution is -0.116. The molecule has 122 valence electrons. The number of hydrogen-bond donors (Lipinski definition) is 0. The Balaban J connectivity index is 2.12. The van der Waals surface area contributed by atoms with E-state index in [2.05, 4.69) is 11.1 Å². The second-order valence-electron chi connectivity index (χ2n) is 5.58. The standard InChI is InChI=1S/C19H18N2O3/c1-2-23-12-21-19-14(11-20)17(13-7-4-3-5-8-13)18-15(22)9-6-10-16(18)24-19/h3-5,7-8,12,17H,2,6,9-10H2,1H3/b21-12+. The minimum Gasteiger partial charge on any atom is -0.483 e. The maximum atomic E-state index is 12.5. The lowest BCUT2D eigenvalue weighted by Gasteiger charge is -2.30. The van der Waals surface area contributed by atoms with Gasteiger partial charge in [0.1, 0.15) is 17.4 Å². The zero-order valence-electron chi connectivity index (χ0n) is 13.5. The fraction of sp³-hybridized carbons (Fsp3) is 0.316. The Morgan fingerprint density at radius 1 is 1.38 bits per heavy atom. The number of ether oxygens (including phenoxy) is 2. The summed E-state index contributed by atoms with van der Waals surface area (Å²) < 4.78 is 10.9. The van der Waals surface area contributed by atoms with Crippen LogP contribution < -0.4 is 0 Å². The van der Waals surface area contributed by atoms with Crippen molar-refractivity contribution < 1.29 is 14.3 Å². The van der Waals surface area contributed by atoms with Crippen LogP contribution >= 0.6 is 0 Å². The molecule has 1 aromatic rings. The molecule has 0 saturated carbocycles. The topological polar surface area (TPSA) is 71.7 Å². The number of nitrogens with zero attached hydrogens (tertiary/aromatic N) is 2. The molecule has 0 radical (unpaired) electrons. The first kappa shape index (κ1) is 16.0. The van der Waals surface area contributed by atoms with Gasteiger partial charge < -0.3 is 9.47 Å². The summed E-state index contributed by atoms with van der Waals surface area (Å²) in [5.74, 6) is 0.461. The molecule has 0 spiro atoms. The van der Waals surface area contributed by atoms with Crippen molar-refractivity contribution in [2.75, 3.05) is 6.61 Å². The number of carbonyl (C=O) groups excluding carboxylic acids is 1. The number of carbonyl (C=O) groups is 1. The van der Waals surface area contributed by atoms with Gasteiger partial charge in [0, 0.05) is 18.4 Å². The molecule has 1 aliphatic carbocycles. The van der Waals surface area contributed by atoms with E-state index in [1.165, 1.54) is 6.40 Å². The van der Waals surface area contributed by atoms with Gasteiger partial charge in [-0.3, -0.25) is 4.79 Å². The van der Waals surface area contributed by atoms with Crippen LogP contribution in [-0.2, 0) is 14.3 Å². The molecule has 0 amide bonds. The summed E-state index contributed by atoms with van der Waals surface area (Å²) in [5, 5.41) is 9.69. The zero-order chi connectivity index (χ0) is 16.9. The first-order valence-corrected chi connectivity index (χ1v) is 8.03. The van der Waals surface area contributed by atoms with Crippen molar-refractivity contribution in [3.63, 3.8) is 0 Å². The Morgan fingerprint density at radius 2 is 2.17 bits per heavy atom. The molecular formula is C19H18N2O3. The largest absolute Gasteiger partial charge is 0.483 e. The van der Waals surface area contributed by atoms with Gasteiger partial charge in [-0.05, 0) is 18.9 Å².